The van der Waals surface area contributed by atoms with Gasteiger partial charge >= 0.3 is 0 Å². The minimum absolute atomic E-state index is 0.892. The maximum Gasteiger partial charge on any atom is 0.0375 e. The Morgan fingerprint density at radius 3 is 2.89 bits per heavy atom. The van der Waals surface area contributed by atoms with Crippen LogP contribution in [0.3, 0.4) is 0 Å². The number of hydrogen-bond acceptors (Lipinski definition) is 1. The quantitative estimate of drug-likeness (QED) is 0.820. The van der Waals surface area contributed by atoms with E-state index < -0.39 is 0 Å². The third-order valence-electron chi connectivity index (χ3n) is 5.02. The van der Waals surface area contributed by atoms with Crippen molar-refractivity contribution in [2.75, 3.05) is 11.9 Å². The van der Waals surface area contributed by atoms with E-state index in [0.717, 1.165) is 11.8 Å². The highest BCUT2D eigenvalue weighted by atomic mass is 14.9. The van der Waals surface area contributed by atoms with Crippen LogP contribution in [0.25, 0.3) is 0 Å². The Kier molecular flexibility index (Phi) is 4.10. The van der Waals surface area contributed by atoms with Gasteiger partial charge in [0.05, 0.1) is 0 Å². The van der Waals surface area contributed by atoms with E-state index in [-0.39, 0.29) is 0 Å². The Bertz CT molecular complexity index is 424. The number of benzene rings is 1. The van der Waals surface area contributed by atoms with Gasteiger partial charge in [0.25, 0.3) is 0 Å². The van der Waals surface area contributed by atoms with Gasteiger partial charge in [0, 0.05) is 12.2 Å². The van der Waals surface area contributed by atoms with Gasteiger partial charge in [-0.3, -0.25) is 0 Å². The van der Waals surface area contributed by atoms with E-state index in [0.29, 0.717) is 0 Å². The van der Waals surface area contributed by atoms with Crippen LogP contribution in [0.1, 0.15) is 56.6 Å². The monoisotopic (exact) mass is 257 g/mol. The fourth-order valence-electron chi connectivity index (χ4n) is 3.95. The first kappa shape index (κ1) is 13.0. The minimum Gasteiger partial charge on any atom is -0.385 e. The Hall–Kier alpha value is -0.980. The summed E-state index contributed by atoms with van der Waals surface area (Å²) in [5.74, 6) is 1.83. The second-order valence-electron chi connectivity index (χ2n) is 6.67. The Balaban J connectivity index is 1.63. The molecule has 104 valence electrons. The first-order valence-corrected chi connectivity index (χ1v) is 8.17. The molecule has 2 atom stereocenters. The Labute approximate surface area is 117 Å². The smallest absolute Gasteiger partial charge is 0.0375 e. The van der Waals surface area contributed by atoms with Crippen LogP contribution >= 0.6 is 0 Å². The van der Waals surface area contributed by atoms with Crippen molar-refractivity contribution >= 4 is 5.69 Å². The third kappa shape index (κ3) is 3.13. The zero-order valence-electron chi connectivity index (χ0n) is 12.3. The molecule has 1 heteroatoms. The lowest BCUT2D eigenvalue weighted by atomic mass is 9.82. The maximum absolute atomic E-state index is 3.76. The molecule has 2 aliphatic rings. The lowest BCUT2D eigenvalue weighted by Gasteiger charge is -2.28. The summed E-state index contributed by atoms with van der Waals surface area (Å²) >= 11 is 0. The van der Waals surface area contributed by atoms with Crippen LogP contribution in [0.4, 0.5) is 5.69 Å². The zero-order chi connectivity index (χ0) is 13.1. The number of hydrogen-bond donors (Lipinski definition) is 1. The maximum atomic E-state index is 3.76. The highest BCUT2D eigenvalue weighted by Crippen LogP contribution is 2.31. The predicted octanol–water partition coefficient (Wildman–Crippen LogP) is 4.80. The average molecular weight is 257 g/mol. The summed E-state index contributed by atoms with van der Waals surface area (Å²) in [4.78, 5) is 0. The molecule has 1 saturated carbocycles. The van der Waals surface area contributed by atoms with Crippen molar-refractivity contribution < 1.29 is 0 Å². The van der Waals surface area contributed by atoms with Crippen LogP contribution in [0, 0.1) is 11.8 Å². The van der Waals surface area contributed by atoms with Gasteiger partial charge in [-0.1, -0.05) is 31.9 Å². The van der Waals surface area contributed by atoms with Crippen molar-refractivity contribution in [2.45, 2.75) is 58.3 Å². The highest BCUT2D eigenvalue weighted by molar-refractivity contribution is 5.55. The first-order chi connectivity index (χ1) is 9.33. The van der Waals surface area contributed by atoms with Crippen LogP contribution in [-0.2, 0) is 12.8 Å². The molecule has 0 bridgehead atoms. The molecule has 0 aromatic heterocycles. The van der Waals surface area contributed by atoms with Crippen LogP contribution in [0.2, 0.25) is 0 Å². The molecule has 1 nitrogen and oxygen atoms in total. The second kappa shape index (κ2) is 5.98. The molecule has 1 aromatic carbocycles. The number of rotatable bonds is 3. The fraction of sp³-hybridized carbons (Fsp3) is 0.667. The van der Waals surface area contributed by atoms with Gasteiger partial charge < -0.3 is 5.32 Å². The van der Waals surface area contributed by atoms with Crippen molar-refractivity contribution in [3.8, 4) is 0 Å². The summed E-state index contributed by atoms with van der Waals surface area (Å²) in [5, 5.41) is 3.76. The minimum atomic E-state index is 0.892. The van der Waals surface area contributed by atoms with E-state index in [4.69, 9.17) is 0 Å². The zero-order valence-corrected chi connectivity index (χ0v) is 12.3. The van der Waals surface area contributed by atoms with Crippen molar-refractivity contribution in [3.63, 3.8) is 0 Å². The molecule has 2 aliphatic carbocycles. The van der Waals surface area contributed by atoms with E-state index in [2.05, 4.69) is 30.4 Å². The number of fused-ring (bicyclic) bond motifs is 1. The van der Waals surface area contributed by atoms with E-state index >= 15 is 0 Å². The van der Waals surface area contributed by atoms with Gasteiger partial charge in [0.1, 0.15) is 0 Å². The summed E-state index contributed by atoms with van der Waals surface area (Å²) in [6.45, 7) is 3.59. The highest BCUT2D eigenvalue weighted by Gasteiger charge is 2.19. The third-order valence-corrected chi connectivity index (χ3v) is 5.02. The Morgan fingerprint density at radius 2 is 2.00 bits per heavy atom. The van der Waals surface area contributed by atoms with Gasteiger partial charge in [-0.25, -0.2) is 0 Å². The van der Waals surface area contributed by atoms with Crippen LogP contribution < -0.4 is 5.32 Å². The van der Waals surface area contributed by atoms with Crippen molar-refractivity contribution in [2.24, 2.45) is 11.8 Å². The number of aryl methyl sites for hydroxylation is 1. The number of nitrogens with one attached hydrogen (secondary N) is 1. The Morgan fingerprint density at radius 1 is 1.11 bits per heavy atom. The van der Waals surface area contributed by atoms with Crippen molar-refractivity contribution in [1.29, 1.82) is 0 Å². The molecule has 0 radical (unpaired) electrons. The summed E-state index contributed by atoms with van der Waals surface area (Å²) in [6.07, 6.45) is 11.0. The van der Waals surface area contributed by atoms with E-state index in [1.165, 1.54) is 63.6 Å². The standard InChI is InChI=1S/C18H27N/c1-14-6-4-7-15(12-14)13-19-18-11-5-9-16-8-2-3-10-17(16)18/h5,9,11,14-15,19H,2-4,6-8,10,12-13H2,1H3. The topological polar surface area (TPSA) is 12.0 Å². The van der Waals surface area contributed by atoms with Gasteiger partial charge in [0.15, 0.2) is 0 Å². The average Bonchev–Trinajstić information content (AvgIpc) is 2.45. The van der Waals surface area contributed by atoms with E-state index in [1.807, 2.05) is 0 Å². The lowest BCUT2D eigenvalue weighted by Crippen LogP contribution is -2.21. The summed E-state index contributed by atoms with van der Waals surface area (Å²) in [7, 11) is 0. The normalized spacial score (nSPS) is 26.8. The van der Waals surface area contributed by atoms with Gasteiger partial charge in [-0.15, -0.1) is 0 Å². The molecule has 1 N–H and O–H groups in total. The fourth-order valence-corrected chi connectivity index (χ4v) is 3.95. The van der Waals surface area contributed by atoms with Crippen molar-refractivity contribution in [1.82, 2.24) is 0 Å². The van der Waals surface area contributed by atoms with E-state index in [1.54, 1.807) is 11.1 Å². The summed E-state index contributed by atoms with van der Waals surface area (Å²) in [5.41, 5.74) is 4.63. The summed E-state index contributed by atoms with van der Waals surface area (Å²) < 4.78 is 0. The molecular formula is C18H27N. The van der Waals surface area contributed by atoms with E-state index in [9.17, 15) is 0 Å². The first-order valence-electron chi connectivity index (χ1n) is 8.17. The molecule has 3 rings (SSSR count). The van der Waals surface area contributed by atoms with Crippen molar-refractivity contribution in [3.05, 3.63) is 29.3 Å². The largest absolute Gasteiger partial charge is 0.385 e. The molecule has 0 spiro atoms. The van der Waals surface area contributed by atoms with Gasteiger partial charge in [-0.2, -0.15) is 0 Å². The van der Waals surface area contributed by atoms with Crippen LogP contribution in [0.15, 0.2) is 18.2 Å². The molecule has 0 aliphatic heterocycles. The van der Waals surface area contributed by atoms with Gasteiger partial charge in [0.2, 0.25) is 0 Å². The van der Waals surface area contributed by atoms with Crippen LogP contribution in [-0.4, -0.2) is 6.54 Å². The molecule has 1 fully saturated rings. The summed E-state index contributed by atoms with van der Waals surface area (Å²) in [6, 6.07) is 6.84. The molecule has 2 unspecified atom stereocenters. The predicted molar refractivity (Wildman–Crippen MR) is 82.7 cm³/mol. The molecule has 1 aromatic rings. The lowest BCUT2D eigenvalue weighted by molar-refractivity contribution is 0.293. The van der Waals surface area contributed by atoms with Gasteiger partial charge in [-0.05, 0) is 67.6 Å². The van der Waals surface area contributed by atoms with Crippen LogP contribution in [0.5, 0.6) is 0 Å². The molecule has 0 amide bonds. The molecular weight excluding hydrogens is 230 g/mol. The SMILES string of the molecule is CC1CCCC(CNc2cccc3c2CCCC3)C1. The molecule has 0 heterocycles. The number of anilines is 1. The second-order valence-corrected chi connectivity index (χ2v) is 6.67. The molecule has 19 heavy (non-hydrogen) atoms. The molecule has 0 saturated heterocycles.